The molecule has 0 spiro atoms. The molecule has 3 aromatic rings. The molecule has 13 heteroatoms. The van der Waals surface area contributed by atoms with Crippen LogP contribution in [-0.4, -0.2) is 80.0 Å². The molecule has 2 aliphatic rings. The summed E-state index contributed by atoms with van der Waals surface area (Å²) in [5.74, 6) is -1.32. The van der Waals surface area contributed by atoms with Crippen molar-refractivity contribution in [1.29, 1.82) is 0 Å². The summed E-state index contributed by atoms with van der Waals surface area (Å²) in [5, 5.41) is 6.85. The second-order valence-corrected chi connectivity index (χ2v) is 9.79. The van der Waals surface area contributed by atoms with Gasteiger partial charge in [-0.25, -0.2) is 9.37 Å². The van der Waals surface area contributed by atoms with Gasteiger partial charge in [-0.3, -0.25) is 19.2 Å². The number of methoxy groups -OCH3 is 1. The maximum atomic E-state index is 13.5. The zero-order valence-corrected chi connectivity index (χ0v) is 21.3. The number of fused-ring (bicyclic) bond motifs is 2. The first-order chi connectivity index (χ1) is 18.2. The van der Waals surface area contributed by atoms with Gasteiger partial charge in [0.05, 0.1) is 31.0 Å². The Morgan fingerprint density at radius 2 is 2.05 bits per heavy atom. The van der Waals surface area contributed by atoms with Crippen LogP contribution in [0.3, 0.4) is 0 Å². The van der Waals surface area contributed by atoms with E-state index in [1.54, 1.807) is 18.9 Å². The van der Waals surface area contributed by atoms with E-state index >= 15 is 0 Å². The van der Waals surface area contributed by atoms with Crippen LogP contribution in [0.4, 0.5) is 10.2 Å². The third-order valence-corrected chi connectivity index (χ3v) is 6.80. The van der Waals surface area contributed by atoms with E-state index in [-0.39, 0.29) is 60.1 Å². The molecule has 5 rings (SSSR count). The maximum absolute atomic E-state index is 13.5. The third kappa shape index (κ3) is 4.76. The smallest absolute Gasteiger partial charge is 0.280 e. The van der Waals surface area contributed by atoms with E-state index in [2.05, 4.69) is 15.4 Å². The van der Waals surface area contributed by atoms with Crippen LogP contribution in [0.2, 0.25) is 0 Å². The molecule has 1 saturated carbocycles. The Morgan fingerprint density at radius 1 is 1.29 bits per heavy atom. The highest BCUT2D eigenvalue weighted by Gasteiger charge is 2.38. The minimum Gasteiger partial charge on any atom is -0.383 e. The fourth-order valence-corrected chi connectivity index (χ4v) is 4.68. The number of halogens is 1. The lowest BCUT2D eigenvalue weighted by atomic mass is 10.2. The van der Waals surface area contributed by atoms with E-state index in [1.165, 1.54) is 28.7 Å². The van der Waals surface area contributed by atoms with Crippen molar-refractivity contribution >= 4 is 29.2 Å². The number of rotatable bonds is 9. The second kappa shape index (κ2) is 9.97. The summed E-state index contributed by atoms with van der Waals surface area (Å²) in [6, 6.07) is 3.56. The number of aromatic nitrogens is 4. The van der Waals surface area contributed by atoms with Crippen LogP contribution in [-0.2, 0) is 22.6 Å². The Hall–Kier alpha value is -4.13. The molecule has 1 N–H and O–H groups in total. The molecule has 12 nitrogen and oxygen atoms in total. The molecule has 3 aromatic heterocycles. The summed E-state index contributed by atoms with van der Waals surface area (Å²) in [6.45, 7) is 2.28. The summed E-state index contributed by atoms with van der Waals surface area (Å²) in [5.41, 5.74) is -0.130. The lowest BCUT2D eigenvalue weighted by molar-refractivity contribution is -0.116. The number of nitrogens with zero attached hydrogens (tertiary/aromatic N) is 6. The first kappa shape index (κ1) is 25.5. The summed E-state index contributed by atoms with van der Waals surface area (Å²) >= 11 is 0. The van der Waals surface area contributed by atoms with E-state index in [0.29, 0.717) is 12.5 Å². The Bertz CT molecular complexity index is 1480. The van der Waals surface area contributed by atoms with Crippen molar-refractivity contribution in [2.75, 3.05) is 32.6 Å². The summed E-state index contributed by atoms with van der Waals surface area (Å²) in [7, 11) is 3.20. The van der Waals surface area contributed by atoms with E-state index in [1.807, 2.05) is 0 Å². The third-order valence-electron chi connectivity index (χ3n) is 6.80. The molecular formula is C25H28FN7O5. The van der Waals surface area contributed by atoms with Gasteiger partial charge in [0.25, 0.3) is 17.4 Å². The number of nitrogens with one attached hydrogen (secondary N) is 1. The van der Waals surface area contributed by atoms with Crippen molar-refractivity contribution in [3.63, 3.8) is 0 Å². The van der Waals surface area contributed by atoms with Crippen molar-refractivity contribution in [2.45, 2.75) is 38.9 Å². The number of hydrogen-bond donors (Lipinski definition) is 1. The monoisotopic (exact) mass is 525 g/mol. The van der Waals surface area contributed by atoms with E-state index in [9.17, 15) is 23.6 Å². The second-order valence-electron chi connectivity index (χ2n) is 9.79. The van der Waals surface area contributed by atoms with Crippen LogP contribution in [0, 0.1) is 11.7 Å². The highest BCUT2D eigenvalue weighted by molar-refractivity contribution is 5.99. The minimum absolute atomic E-state index is 0.0132. The lowest BCUT2D eigenvalue weighted by Gasteiger charge is -2.23. The number of carbonyl (C=O) groups excluding carboxylic acids is 3. The normalized spacial score (nSPS) is 15.6. The van der Waals surface area contributed by atoms with E-state index in [4.69, 9.17) is 4.74 Å². The molecule has 200 valence electrons. The molecule has 3 amide bonds. The highest BCUT2D eigenvalue weighted by Crippen LogP contribution is 2.30. The molecule has 4 heterocycles. The number of hydrogen-bond acceptors (Lipinski definition) is 7. The Labute approximate surface area is 217 Å². The largest absolute Gasteiger partial charge is 0.383 e. The molecule has 0 aromatic carbocycles. The Balaban J connectivity index is 1.56. The van der Waals surface area contributed by atoms with Gasteiger partial charge in [-0.05, 0) is 37.8 Å². The van der Waals surface area contributed by atoms with E-state index < -0.39 is 23.2 Å². The van der Waals surface area contributed by atoms with Gasteiger partial charge in [0.2, 0.25) is 5.91 Å². The number of carbonyl (C=O) groups is 3. The number of ether oxygens (including phenoxy) is 1. The molecule has 1 aliphatic heterocycles. The molecule has 1 fully saturated rings. The zero-order valence-electron chi connectivity index (χ0n) is 21.3. The van der Waals surface area contributed by atoms with Crippen molar-refractivity contribution in [2.24, 2.45) is 5.92 Å². The van der Waals surface area contributed by atoms with Crippen molar-refractivity contribution in [3.8, 4) is 0 Å². The summed E-state index contributed by atoms with van der Waals surface area (Å²) in [6.07, 6.45) is 3.10. The van der Waals surface area contributed by atoms with Crippen LogP contribution in [0.5, 0.6) is 0 Å². The molecule has 1 aliphatic carbocycles. The minimum atomic E-state index is -0.562. The summed E-state index contributed by atoms with van der Waals surface area (Å²) in [4.78, 5) is 59.9. The quantitative estimate of drug-likeness (QED) is 0.443. The van der Waals surface area contributed by atoms with Crippen LogP contribution < -0.4 is 10.9 Å². The van der Waals surface area contributed by atoms with Gasteiger partial charge in [-0.1, -0.05) is 0 Å². The SMILES string of the molecule is COCC(C)N1Cc2c(n(CC(=O)Nc3ccc(F)cn3)c3cc(C(=O)N(C)CC4CC4)nn3c2=O)C1=O. The first-order valence-electron chi connectivity index (χ1n) is 12.3. The van der Waals surface area contributed by atoms with Gasteiger partial charge in [0.15, 0.2) is 5.69 Å². The first-order valence-corrected chi connectivity index (χ1v) is 12.3. The Kier molecular flexibility index (Phi) is 6.69. The zero-order chi connectivity index (χ0) is 27.1. The lowest BCUT2D eigenvalue weighted by Crippen LogP contribution is -2.37. The molecule has 1 atom stereocenters. The van der Waals surface area contributed by atoms with Gasteiger partial charge in [-0.15, -0.1) is 0 Å². The standard InChI is InChI=1S/C25H28FN7O5/c1-14(13-38-3)31-11-17-22(25(31)37)32(12-20(34)28-19-7-6-16(26)9-27-19)21-8-18(29-33(21)23(17)35)24(36)30(2)10-15-4-5-15/h6-9,14-15H,4-5,10-13H2,1-3H3,(H,27,28,34). The van der Waals surface area contributed by atoms with Gasteiger partial charge in [-0.2, -0.15) is 9.61 Å². The molecule has 0 saturated heterocycles. The average molecular weight is 526 g/mol. The number of anilines is 1. The fraction of sp³-hybridized carbons (Fsp3) is 0.440. The van der Waals surface area contributed by atoms with Gasteiger partial charge < -0.3 is 24.4 Å². The highest BCUT2D eigenvalue weighted by atomic mass is 19.1. The molecule has 0 bridgehead atoms. The van der Waals surface area contributed by atoms with Crippen LogP contribution in [0.15, 0.2) is 29.2 Å². The predicted octanol–water partition coefficient (Wildman–Crippen LogP) is 1.14. The molecular weight excluding hydrogens is 497 g/mol. The van der Waals surface area contributed by atoms with Crippen molar-refractivity contribution in [1.82, 2.24) is 29.0 Å². The van der Waals surface area contributed by atoms with Gasteiger partial charge in [0.1, 0.15) is 29.5 Å². The van der Waals surface area contributed by atoms with Crippen LogP contribution in [0.1, 0.15) is 46.3 Å². The molecule has 1 unspecified atom stereocenters. The van der Waals surface area contributed by atoms with Crippen LogP contribution >= 0.6 is 0 Å². The van der Waals surface area contributed by atoms with Gasteiger partial charge >= 0.3 is 0 Å². The fourth-order valence-electron chi connectivity index (χ4n) is 4.68. The average Bonchev–Trinajstić information content (AvgIpc) is 3.46. The van der Waals surface area contributed by atoms with E-state index in [0.717, 1.165) is 29.6 Å². The predicted molar refractivity (Wildman–Crippen MR) is 133 cm³/mol. The van der Waals surface area contributed by atoms with Crippen molar-refractivity contribution in [3.05, 3.63) is 57.5 Å². The van der Waals surface area contributed by atoms with Gasteiger partial charge in [0, 0.05) is 26.8 Å². The maximum Gasteiger partial charge on any atom is 0.280 e. The number of pyridine rings is 1. The Morgan fingerprint density at radius 3 is 2.71 bits per heavy atom. The topological polar surface area (TPSA) is 131 Å². The number of amides is 3. The van der Waals surface area contributed by atoms with Crippen molar-refractivity contribution < 1.29 is 23.5 Å². The summed E-state index contributed by atoms with van der Waals surface area (Å²) < 4.78 is 20.9. The molecule has 0 radical (unpaired) electrons. The molecule has 38 heavy (non-hydrogen) atoms. The van der Waals surface area contributed by atoms with Crippen LogP contribution in [0.25, 0.3) is 5.65 Å².